The number of aliphatic hydroxyl groups is 2. The van der Waals surface area contributed by atoms with Crippen molar-refractivity contribution in [1.82, 2.24) is 24.2 Å². The molecule has 2 N–H and O–H groups in total. The molecule has 1 saturated carbocycles. The number of carbonyl (C=O) groups is 1. The van der Waals surface area contributed by atoms with E-state index in [0.29, 0.717) is 43.5 Å². The summed E-state index contributed by atoms with van der Waals surface area (Å²) < 4.78 is 3.09. The Morgan fingerprint density at radius 2 is 1.75 bits per heavy atom. The second-order valence-electron chi connectivity index (χ2n) is 11.0. The Morgan fingerprint density at radius 1 is 1.06 bits per heavy atom. The summed E-state index contributed by atoms with van der Waals surface area (Å²) >= 11 is 0. The van der Waals surface area contributed by atoms with Gasteiger partial charge in [0.15, 0.2) is 5.65 Å². The van der Waals surface area contributed by atoms with E-state index in [9.17, 15) is 19.8 Å². The van der Waals surface area contributed by atoms with Gasteiger partial charge >= 0.3 is 0 Å². The molecule has 1 aromatic carbocycles. The number of rotatable bonds is 5. The number of likely N-dealkylation sites (tertiary alicyclic amines) is 1. The second kappa shape index (κ2) is 8.41. The normalized spacial score (nSPS) is 24.0. The van der Waals surface area contributed by atoms with Crippen molar-refractivity contribution in [3.8, 4) is 5.69 Å². The van der Waals surface area contributed by atoms with E-state index in [1.807, 2.05) is 36.1 Å². The van der Waals surface area contributed by atoms with Gasteiger partial charge in [0.2, 0.25) is 5.91 Å². The lowest BCUT2D eigenvalue weighted by Crippen LogP contribution is -2.50. The Kier molecular flexibility index (Phi) is 5.42. The van der Waals surface area contributed by atoms with E-state index in [1.165, 1.54) is 17.1 Å². The molecule has 190 valence electrons. The molecule has 2 aromatic heterocycles. The van der Waals surface area contributed by atoms with Crippen molar-refractivity contribution in [3.05, 3.63) is 47.1 Å². The molecule has 1 atom stereocenters. The highest BCUT2D eigenvalue weighted by Gasteiger charge is 2.39. The van der Waals surface area contributed by atoms with Gasteiger partial charge in [-0.1, -0.05) is 0 Å². The summed E-state index contributed by atoms with van der Waals surface area (Å²) in [5.41, 5.74) is 0.318. The first kappa shape index (κ1) is 23.2. The van der Waals surface area contributed by atoms with Gasteiger partial charge in [-0.3, -0.25) is 14.2 Å². The predicted molar refractivity (Wildman–Crippen MR) is 134 cm³/mol. The third-order valence-electron chi connectivity index (χ3n) is 7.86. The SMILES string of the molecule is CC1(O)CCN(c2ccc(-n3ncc4c(=O)n(CC5(O)CCN(C(=O)C6CC6)CC5)cnc43)cc2)C1. The minimum absolute atomic E-state index is 0.139. The van der Waals surface area contributed by atoms with Gasteiger partial charge in [-0.2, -0.15) is 5.10 Å². The minimum atomic E-state index is -1.05. The van der Waals surface area contributed by atoms with Gasteiger partial charge in [-0.15, -0.1) is 0 Å². The number of aromatic nitrogens is 4. The van der Waals surface area contributed by atoms with Gasteiger partial charge in [0.25, 0.3) is 5.56 Å². The molecular weight excluding hydrogens is 460 g/mol. The zero-order chi connectivity index (χ0) is 25.1. The standard InChI is InChI=1S/C26H32N6O4/c1-25(35)8-11-30(15-25)19-4-6-20(7-5-19)32-22-21(14-28-32)24(34)31(17-27-22)16-26(36)9-12-29(13-10-26)23(33)18-2-3-18/h4-7,14,17-18,35-36H,2-3,8-13,15-16H2,1H3. The van der Waals surface area contributed by atoms with E-state index in [-0.39, 0.29) is 23.9 Å². The maximum atomic E-state index is 13.2. The van der Waals surface area contributed by atoms with Crippen LogP contribution >= 0.6 is 0 Å². The number of β-amino-alcohol motifs (C(OH)–C–C–N with tert-alkyl or cyclic N) is 1. The molecular formula is C26H32N6O4. The summed E-state index contributed by atoms with van der Waals surface area (Å²) in [6.45, 7) is 4.42. The molecule has 0 bridgehead atoms. The summed E-state index contributed by atoms with van der Waals surface area (Å²) in [7, 11) is 0. The monoisotopic (exact) mass is 492 g/mol. The molecule has 3 fully saturated rings. The van der Waals surface area contributed by atoms with Crippen molar-refractivity contribution >= 4 is 22.6 Å². The molecule has 3 aromatic rings. The van der Waals surface area contributed by atoms with Crippen LogP contribution < -0.4 is 10.5 Å². The van der Waals surface area contributed by atoms with E-state index in [2.05, 4.69) is 15.0 Å². The number of hydrogen-bond donors (Lipinski definition) is 2. The Labute approximate surface area is 208 Å². The molecule has 6 rings (SSSR count). The van der Waals surface area contributed by atoms with Crippen LogP contribution in [-0.4, -0.2) is 77.7 Å². The zero-order valence-electron chi connectivity index (χ0n) is 20.5. The average Bonchev–Trinajstić information content (AvgIpc) is 3.52. The number of amides is 1. The highest BCUT2D eigenvalue weighted by atomic mass is 16.3. The maximum Gasteiger partial charge on any atom is 0.264 e. The number of hydrogen-bond acceptors (Lipinski definition) is 7. The van der Waals surface area contributed by atoms with Gasteiger partial charge in [-0.05, 0) is 63.3 Å². The molecule has 10 nitrogen and oxygen atoms in total. The Morgan fingerprint density at radius 3 is 2.39 bits per heavy atom. The van der Waals surface area contributed by atoms with Gasteiger partial charge < -0.3 is 20.0 Å². The van der Waals surface area contributed by atoms with Crippen molar-refractivity contribution in [1.29, 1.82) is 0 Å². The van der Waals surface area contributed by atoms with Gasteiger partial charge in [-0.25, -0.2) is 9.67 Å². The molecule has 1 unspecified atom stereocenters. The quantitative estimate of drug-likeness (QED) is 0.552. The summed E-state index contributed by atoms with van der Waals surface area (Å²) in [6, 6.07) is 7.84. The van der Waals surface area contributed by atoms with Crippen molar-refractivity contribution in [2.45, 2.75) is 56.8 Å². The fourth-order valence-electron chi connectivity index (χ4n) is 5.43. The van der Waals surface area contributed by atoms with Crippen LogP contribution in [0.5, 0.6) is 0 Å². The number of anilines is 1. The molecule has 1 amide bonds. The lowest BCUT2D eigenvalue weighted by atomic mass is 9.91. The van der Waals surface area contributed by atoms with Crippen molar-refractivity contribution in [2.75, 3.05) is 31.1 Å². The Hall–Kier alpha value is -3.24. The van der Waals surface area contributed by atoms with E-state index in [1.54, 1.807) is 4.68 Å². The van der Waals surface area contributed by atoms with Crippen molar-refractivity contribution in [2.24, 2.45) is 5.92 Å². The van der Waals surface area contributed by atoms with Crippen LogP contribution in [0.1, 0.15) is 39.0 Å². The second-order valence-corrected chi connectivity index (χ2v) is 11.0. The third kappa shape index (κ3) is 4.28. The summed E-state index contributed by atoms with van der Waals surface area (Å²) in [5, 5.41) is 26.2. The van der Waals surface area contributed by atoms with Crippen LogP contribution in [0.2, 0.25) is 0 Å². The lowest BCUT2D eigenvalue weighted by molar-refractivity contribution is -0.137. The highest BCUT2D eigenvalue weighted by Crippen LogP contribution is 2.33. The third-order valence-corrected chi connectivity index (χ3v) is 7.86. The van der Waals surface area contributed by atoms with E-state index in [0.717, 1.165) is 37.2 Å². The summed E-state index contributed by atoms with van der Waals surface area (Å²) in [4.78, 5) is 34.0. The van der Waals surface area contributed by atoms with Crippen LogP contribution in [0, 0.1) is 5.92 Å². The van der Waals surface area contributed by atoms with Crippen LogP contribution in [0.3, 0.4) is 0 Å². The van der Waals surface area contributed by atoms with Gasteiger partial charge in [0.1, 0.15) is 11.7 Å². The van der Waals surface area contributed by atoms with Crippen LogP contribution in [0.25, 0.3) is 16.7 Å². The molecule has 0 spiro atoms. The first-order valence-corrected chi connectivity index (χ1v) is 12.7. The average molecular weight is 493 g/mol. The summed E-state index contributed by atoms with van der Waals surface area (Å²) in [6.07, 6.45) is 6.56. The number of carbonyl (C=O) groups excluding carboxylic acids is 1. The zero-order valence-corrected chi connectivity index (χ0v) is 20.5. The number of benzene rings is 1. The topological polar surface area (TPSA) is 117 Å². The molecule has 1 aliphatic carbocycles. The maximum absolute atomic E-state index is 13.2. The van der Waals surface area contributed by atoms with Gasteiger partial charge in [0.05, 0.1) is 29.6 Å². The molecule has 4 heterocycles. The molecule has 2 saturated heterocycles. The number of fused-ring (bicyclic) bond motifs is 1. The number of piperidine rings is 1. The molecule has 36 heavy (non-hydrogen) atoms. The fraction of sp³-hybridized carbons (Fsp3) is 0.538. The minimum Gasteiger partial charge on any atom is -0.388 e. The van der Waals surface area contributed by atoms with Gasteiger partial charge in [0, 0.05) is 37.8 Å². The highest BCUT2D eigenvalue weighted by molar-refractivity contribution is 5.81. The summed E-state index contributed by atoms with van der Waals surface area (Å²) in [5.74, 6) is 0.375. The lowest BCUT2D eigenvalue weighted by Gasteiger charge is -2.38. The first-order chi connectivity index (χ1) is 17.2. The van der Waals surface area contributed by atoms with Crippen molar-refractivity contribution in [3.63, 3.8) is 0 Å². The Balaban J connectivity index is 1.18. The largest absolute Gasteiger partial charge is 0.388 e. The fourth-order valence-corrected chi connectivity index (χ4v) is 5.43. The molecule has 0 radical (unpaired) electrons. The van der Waals surface area contributed by atoms with Crippen LogP contribution in [0.4, 0.5) is 5.69 Å². The van der Waals surface area contributed by atoms with Crippen LogP contribution in [0.15, 0.2) is 41.6 Å². The van der Waals surface area contributed by atoms with E-state index < -0.39 is 11.2 Å². The first-order valence-electron chi connectivity index (χ1n) is 12.7. The van der Waals surface area contributed by atoms with E-state index >= 15 is 0 Å². The van der Waals surface area contributed by atoms with Crippen LogP contribution in [-0.2, 0) is 11.3 Å². The molecule has 10 heteroatoms. The predicted octanol–water partition coefficient (Wildman–Crippen LogP) is 1.31. The van der Waals surface area contributed by atoms with E-state index in [4.69, 9.17) is 0 Å². The number of nitrogens with zero attached hydrogens (tertiary/aromatic N) is 6. The Bertz CT molecular complexity index is 1350. The van der Waals surface area contributed by atoms with Crippen molar-refractivity contribution < 1.29 is 15.0 Å². The smallest absolute Gasteiger partial charge is 0.264 e. The molecule has 3 aliphatic rings. The molecule has 2 aliphatic heterocycles.